The van der Waals surface area contributed by atoms with Crippen molar-refractivity contribution in [2.24, 2.45) is 4.99 Å². The summed E-state index contributed by atoms with van der Waals surface area (Å²) < 4.78 is 13.8. The van der Waals surface area contributed by atoms with E-state index >= 15 is 0 Å². The van der Waals surface area contributed by atoms with E-state index in [1.807, 2.05) is 4.90 Å². The molecule has 1 fully saturated rings. The molecule has 1 saturated heterocycles. The molecule has 0 aliphatic carbocycles. The van der Waals surface area contributed by atoms with Crippen molar-refractivity contribution in [2.75, 3.05) is 25.0 Å². The zero-order chi connectivity index (χ0) is 16.9. The standard InChI is InChI=1S/C17H22FN5S.HI/c1-12-5-6-14(24-12)10-21-17(19-2)22-13-7-9-23(11-13)16-15(18)4-3-8-20-16;/h3-6,8,13H,7,9-11H2,1-2H3,(H2,19,21,22);1H. The molecule has 0 bridgehead atoms. The van der Waals surface area contributed by atoms with Gasteiger partial charge < -0.3 is 15.5 Å². The number of halogens is 2. The molecule has 0 spiro atoms. The molecule has 2 aromatic heterocycles. The average Bonchev–Trinajstić information content (AvgIpc) is 3.21. The van der Waals surface area contributed by atoms with E-state index in [1.165, 1.54) is 15.8 Å². The van der Waals surface area contributed by atoms with Crippen LogP contribution in [0.3, 0.4) is 0 Å². The normalized spacial score (nSPS) is 17.3. The third-order valence-electron chi connectivity index (χ3n) is 4.02. The molecule has 1 unspecified atom stereocenters. The van der Waals surface area contributed by atoms with Gasteiger partial charge in [-0.05, 0) is 37.6 Å². The van der Waals surface area contributed by atoms with E-state index in [4.69, 9.17) is 0 Å². The number of aliphatic imine (C=N–C) groups is 1. The minimum atomic E-state index is -0.270. The van der Waals surface area contributed by atoms with Gasteiger partial charge in [0.05, 0.1) is 6.54 Å². The molecule has 136 valence electrons. The fourth-order valence-corrected chi connectivity index (χ4v) is 3.65. The van der Waals surface area contributed by atoms with E-state index in [0.29, 0.717) is 12.4 Å². The molecule has 5 nitrogen and oxygen atoms in total. The second-order valence-corrected chi connectivity index (χ2v) is 7.20. The minimum Gasteiger partial charge on any atom is -0.352 e. The summed E-state index contributed by atoms with van der Waals surface area (Å²) in [5.41, 5.74) is 0. The Kier molecular flexibility index (Phi) is 7.42. The lowest BCUT2D eigenvalue weighted by molar-refractivity contribution is 0.612. The smallest absolute Gasteiger partial charge is 0.191 e. The molecule has 3 rings (SSSR count). The van der Waals surface area contributed by atoms with Gasteiger partial charge in [-0.25, -0.2) is 9.37 Å². The van der Waals surface area contributed by atoms with Crippen molar-refractivity contribution in [3.05, 3.63) is 46.0 Å². The average molecular weight is 475 g/mol. The minimum absolute atomic E-state index is 0. The molecule has 0 saturated carbocycles. The first-order valence-electron chi connectivity index (χ1n) is 8.03. The molecule has 25 heavy (non-hydrogen) atoms. The maximum Gasteiger partial charge on any atom is 0.191 e. The van der Waals surface area contributed by atoms with E-state index in [9.17, 15) is 4.39 Å². The van der Waals surface area contributed by atoms with Crippen molar-refractivity contribution in [2.45, 2.75) is 25.9 Å². The van der Waals surface area contributed by atoms with Crippen LogP contribution in [-0.4, -0.2) is 37.1 Å². The highest BCUT2D eigenvalue weighted by atomic mass is 127. The van der Waals surface area contributed by atoms with Gasteiger partial charge in [0.2, 0.25) is 0 Å². The molecule has 1 aliphatic rings. The Hall–Kier alpha value is -1.42. The number of nitrogens with one attached hydrogen (secondary N) is 2. The van der Waals surface area contributed by atoms with Crippen LogP contribution in [0.2, 0.25) is 0 Å². The van der Waals surface area contributed by atoms with Gasteiger partial charge in [-0.2, -0.15) is 0 Å². The summed E-state index contributed by atoms with van der Waals surface area (Å²) in [4.78, 5) is 13.0. The number of anilines is 1. The molecular formula is C17H23FIN5S. The van der Waals surface area contributed by atoms with Crippen molar-refractivity contribution in [3.63, 3.8) is 0 Å². The lowest BCUT2D eigenvalue weighted by Gasteiger charge is -2.19. The summed E-state index contributed by atoms with van der Waals surface area (Å²) in [5, 5.41) is 6.75. The SMILES string of the molecule is CN=C(NCc1ccc(C)s1)NC1CCN(c2ncccc2F)C1.I. The van der Waals surface area contributed by atoms with Crippen LogP contribution in [0.4, 0.5) is 10.2 Å². The predicted octanol–water partition coefficient (Wildman–Crippen LogP) is 3.15. The number of guanidine groups is 1. The number of pyridine rings is 1. The van der Waals surface area contributed by atoms with Crippen LogP contribution >= 0.6 is 35.3 Å². The quantitative estimate of drug-likeness (QED) is 0.406. The molecule has 8 heteroatoms. The molecule has 0 aromatic carbocycles. The summed E-state index contributed by atoms with van der Waals surface area (Å²) in [5.74, 6) is 0.932. The molecular weight excluding hydrogens is 452 g/mol. The fourth-order valence-electron chi connectivity index (χ4n) is 2.82. The van der Waals surface area contributed by atoms with Crippen LogP contribution in [0.25, 0.3) is 0 Å². The van der Waals surface area contributed by atoms with Crippen molar-refractivity contribution < 1.29 is 4.39 Å². The number of aryl methyl sites for hydroxylation is 1. The van der Waals surface area contributed by atoms with Crippen LogP contribution < -0.4 is 15.5 Å². The zero-order valence-corrected chi connectivity index (χ0v) is 17.5. The van der Waals surface area contributed by atoms with Crippen molar-refractivity contribution >= 4 is 47.1 Å². The molecule has 1 atom stereocenters. The van der Waals surface area contributed by atoms with Gasteiger partial charge in [0.15, 0.2) is 17.6 Å². The highest BCUT2D eigenvalue weighted by Crippen LogP contribution is 2.20. The fraction of sp³-hybridized carbons (Fsp3) is 0.412. The van der Waals surface area contributed by atoms with E-state index in [2.05, 4.69) is 39.7 Å². The van der Waals surface area contributed by atoms with Gasteiger partial charge in [-0.15, -0.1) is 35.3 Å². The molecule has 2 N–H and O–H groups in total. The first-order chi connectivity index (χ1) is 11.7. The maximum atomic E-state index is 13.8. The molecule has 1 aliphatic heterocycles. The van der Waals surface area contributed by atoms with E-state index in [0.717, 1.165) is 25.5 Å². The van der Waals surface area contributed by atoms with Crippen LogP contribution in [-0.2, 0) is 6.54 Å². The predicted molar refractivity (Wildman–Crippen MR) is 113 cm³/mol. The highest BCUT2D eigenvalue weighted by molar-refractivity contribution is 14.0. The lowest BCUT2D eigenvalue weighted by atomic mass is 10.3. The Balaban J connectivity index is 0.00000225. The molecule has 3 heterocycles. The summed E-state index contributed by atoms with van der Waals surface area (Å²) >= 11 is 1.78. The van der Waals surface area contributed by atoms with Gasteiger partial charge in [0, 0.05) is 42.1 Å². The van der Waals surface area contributed by atoms with E-state index in [-0.39, 0.29) is 35.8 Å². The third-order valence-corrected chi connectivity index (χ3v) is 5.02. The van der Waals surface area contributed by atoms with Crippen LogP contribution in [0.15, 0.2) is 35.5 Å². The second kappa shape index (κ2) is 9.33. The number of thiophene rings is 1. The monoisotopic (exact) mass is 475 g/mol. The first-order valence-corrected chi connectivity index (χ1v) is 8.85. The Morgan fingerprint density at radius 1 is 1.44 bits per heavy atom. The summed E-state index contributed by atoms with van der Waals surface area (Å²) in [7, 11) is 1.76. The first kappa shape index (κ1) is 19.9. The lowest BCUT2D eigenvalue weighted by Crippen LogP contribution is -2.44. The number of rotatable bonds is 4. The number of hydrogen-bond acceptors (Lipinski definition) is 4. The van der Waals surface area contributed by atoms with Crippen molar-refractivity contribution in [1.29, 1.82) is 0 Å². The molecule has 2 aromatic rings. The maximum absolute atomic E-state index is 13.8. The third kappa shape index (κ3) is 5.27. The van der Waals surface area contributed by atoms with Crippen LogP contribution in [0.5, 0.6) is 0 Å². The number of nitrogens with zero attached hydrogens (tertiary/aromatic N) is 3. The van der Waals surface area contributed by atoms with Gasteiger partial charge >= 0.3 is 0 Å². The van der Waals surface area contributed by atoms with Gasteiger partial charge in [0.25, 0.3) is 0 Å². The Bertz CT molecular complexity index is 721. The number of aromatic nitrogens is 1. The van der Waals surface area contributed by atoms with Gasteiger partial charge in [-0.3, -0.25) is 4.99 Å². The summed E-state index contributed by atoms with van der Waals surface area (Å²) in [6.45, 7) is 4.36. The van der Waals surface area contributed by atoms with Crippen molar-refractivity contribution in [3.8, 4) is 0 Å². The van der Waals surface area contributed by atoms with Crippen LogP contribution in [0.1, 0.15) is 16.2 Å². The number of hydrogen-bond donors (Lipinski definition) is 2. The highest BCUT2D eigenvalue weighted by Gasteiger charge is 2.25. The van der Waals surface area contributed by atoms with Gasteiger partial charge in [-0.1, -0.05) is 0 Å². The Morgan fingerprint density at radius 2 is 2.28 bits per heavy atom. The van der Waals surface area contributed by atoms with Crippen molar-refractivity contribution in [1.82, 2.24) is 15.6 Å². The Labute approximate surface area is 168 Å². The molecule has 0 radical (unpaired) electrons. The Morgan fingerprint density at radius 3 is 2.96 bits per heavy atom. The summed E-state index contributed by atoms with van der Waals surface area (Å²) in [6, 6.07) is 7.54. The van der Waals surface area contributed by atoms with E-state index in [1.54, 1.807) is 30.6 Å². The summed E-state index contributed by atoms with van der Waals surface area (Å²) in [6.07, 6.45) is 2.55. The zero-order valence-electron chi connectivity index (χ0n) is 14.3. The van der Waals surface area contributed by atoms with Crippen LogP contribution in [0, 0.1) is 12.7 Å². The molecule has 0 amide bonds. The topological polar surface area (TPSA) is 52.6 Å². The van der Waals surface area contributed by atoms with E-state index < -0.39 is 0 Å². The van der Waals surface area contributed by atoms with Gasteiger partial charge in [0.1, 0.15) is 0 Å². The largest absolute Gasteiger partial charge is 0.352 e. The second-order valence-electron chi connectivity index (χ2n) is 5.82.